The van der Waals surface area contributed by atoms with E-state index in [1.54, 1.807) is 18.2 Å². The van der Waals surface area contributed by atoms with E-state index in [1.807, 2.05) is 0 Å². The molecule has 2 aromatic carbocycles. The minimum atomic E-state index is -0.865. The van der Waals surface area contributed by atoms with Crippen LogP contribution in [0.5, 0.6) is 11.5 Å². The van der Waals surface area contributed by atoms with E-state index in [2.05, 4.69) is 10.6 Å². The number of phenols is 1. The average Bonchev–Trinajstić information content (AvgIpc) is 2.66. The lowest BCUT2D eigenvalue weighted by atomic mass is 10.2. The zero-order valence-corrected chi connectivity index (χ0v) is 14.2. The van der Waals surface area contributed by atoms with Crippen LogP contribution in [-0.4, -0.2) is 43.7 Å². The van der Waals surface area contributed by atoms with Gasteiger partial charge in [-0.15, -0.1) is 0 Å². The highest BCUT2D eigenvalue weighted by molar-refractivity contribution is 5.99. The van der Waals surface area contributed by atoms with Crippen LogP contribution < -0.4 is 15.4 Å². The molecule has 3 N–H and O–H groups in total. The largest absolute Gasteiger partial charge is 0.507 e. The molecular formula is C18H18N2O6. The van der Waals surface area contributed by atoms with Crippen molar-refractivity contribution < 1.29 is 29.0 Å². The van der Waals surface area contributed by atoms with Crippen LogP contribution in [0.2, 0.25) is 0 Å². The molecule has 0 aliphatic carbocycles. The topological polar surface area (TPSA) is 114 Å². The van der Waals surface area contributed by atoms with Gasteiger partial charge in [-0.3, -0.25) is 9.59 Å². The number of benzene rings is 2. The first-order chi connectivity index (χ1) is 12.4. The summed E-state index contributed by atoms with van der Waals surface area (Å²) in [5, 5.41) is 14.7. The Morgan fingerprint density at radius 1 is 1.12 bits per heavy atom. The van der Waals surface area contributed by atoms with Gasteiger partial charge in [0.15, 0.2) is 6.61 Å². The summed E-state index contributed by atoms with van der Waals surface area (Å²) >= 11 is 0. The number of nitrogens with one attached hydrogen (secondary N) is 2. The van der Waals surface area contributed by atoms with Crippen LogP contribution in [0.15, 0.2) is 42.5 Å². The number of anilines is 1. The molecule has 0 aliphatic rings. The summed E-state index contributed by atoms with van der Waals surface area (Å²) in [6.07, 6.45) is 0. The van der Waals surface area contributed by atoms with E-state index < -0.39 is 18.5 Å². The number of amides is 2. The Kier molecular flexibility index (Phi) is 6.15. The van der Waals surface area contributed by atoms with Crippen LogP contribution in [0.25, 0.3) is 0 Å². The number of hydrogen-bond donors (Lipinski definition) is 3. The monoisotopic (exact) mass is 358 g/mol. The smallest absolute Gasteiger partial charge is 0.342 e. The van der Waals surface area contributed by atoms with Gasteiger partial charge in [0.1, 0.15) is 17.1 Å². The molecule has 0 atom stereocenters. The molecule has 0 saturated heterocycles. The van der Waals surface area contributed by atoms with Crippen LogP contribution in [0, 0.1) is 0 Å². The number of rotatable bonds is 6. The maximum Gasteiger partial charge on any atom is 0.342 e. The lowest BCUT2D eigenvalue weighted by Gasteiger charge is -2.09. The molecule has 0 fully saturated rings. The summed E-state index contributed by atoms with van der Waals surface area (Å²) in [4.78, 5) is 35.5. The summed E-state index contributed by atoms with van der Waals surface area (Å²) < 4.78 is 9.87. The molecule has 0 spiro atoms. The molecule has 0 heterocycles. The van der Waals surface area contributed by atoms with Gasteiger partial charge in [0.2, 0.25) is 0 Å². The minimum absolute atomic E-state index is 0.112. The van der Waals surface area contributed by atoms with Crippen molar-refractivity contribution in [1.82, 2.24) is 5.32 Å². The summed E-state index contributed by atoms with van der Waals surface area (Å²) in [6.45, 7) is -0.556. The fourth-order valence-electron chi connectivity index (χ4n) is 2.09. The molecule has 8 nitrogen and oxygen atoms in total. The first kappa shape index (κ1) is 18.8. The van der Waals surface area contributed by atoms with Crippen molar-refractivity contribution >= 4 is 23.5 Å². The van der Waals surface area contributed by atoms with E-state index in [0.29, 0.717) is 17.0 Å². The van der Waals surface area contributed by atoms with Gasteiger partial charge >= 0.3 is 5.97 Å². The average molecular weight is 358 g/mol. The highest BCUT2D eigenvalue weighted by Gasteiger charge is 2.16. The Morgan fingerprint density at radius 3 is 2.58 bits per heavy atom. The van der Waals surface area contributed by atoms with Crippen molar-refractivity contribution in [2.75, 3.05) is 26.1 Å². The van der Waals surface area contributed by atoms with Crippen LogP contribution in [-0.2, 0) is 9.53 Å². The summed E-state index contributed by atoms with van der Waals surface area (Å²) in [5.41, 5.74) is 0.652. The predicted octanol–water partition coefficient (Wildman–Crippen LogP) is 1.56. The van der Waals surface area contributed by atoms with E-state index in [0.717, 1.165) is 0 Å². The first-order valence-electron chi connectivity index (χ1n) is 7.60. The summed E-state index contributed by atoms with van der Waals surface area (Å²) in [6, 6.07) is 10.4. The van der Waals surface area contributed by atoms with E-state index >= 15 is 0 Å². The minimum Gasteiger partial charge on any atom is -0.507 e. The zero-order chi connectivity index (χ0) is 19.1. The maximum atomic E-state index is 12.0. The molecule has 0 aliphatic heterocycles. The molecule has 2 amide bonds. The molecule has 8 heteroatoms. The van der Waals surface area contributed by atoms with Crippen molar-refractivity contribution in [2.24, 2.45) is 0 Å². The Hall–Kier alpha value is -3.55. The maximum absolute atomic E-state index is 12.0. The Morgan fingerprint density at radius 2 is 1.88 bits per heavy atom. The molecule has 136 valence electrons. The second kappa shape index (κ2) is 8.52. The van der Waals surface area contributed by atoms with Gasteiger partial charge in [-0.2, -0.15) is 0 Å². The molecule has 26 heavy (non-hydrogen) atoms. The van der Waals surface area contributed by atoms with Crippen molar-refractivity contribution in [3.8, 4) is 11.5 Å². The number of carbonyl (C=O) groups excluding carboxylic acids is 3. The fourth-order valence-corrected chi connectivity index (χ4v) is 2.09. The standard InChI is InChI=1S/C18H18N2O6/c1-19-17(23)11-4-3-5-12(8-11)20-16(22)10-26-18(24)14-9-13(25-2)6-7-15(14)21/h3-9,21H,10H2,1-2H3,(H,19,23)(H,20,22). The SMILES string of the molecule is CNC(=O)c1cccc(NC(=O)COC(=O)c2cc(OC)ccc2O)c1. The van der Waals surface area contributed by atoms with Gasteiger partial charge in [-0.25, -0.2) is 4.79 Å². The number of methoxy groups -OCH3 is 1. The molecule has 2 rings (SSSR count). The Labute approximate surface area is 149 Å². The Balaban J connectivity index is 1.97. The van der Waals surface area contributed by atoms with Gasteiger partial charge in [-0.1, -0.05) is 6.07 Å². The number of aromatic hydroxyl groups is 1. The molecular weight excluding hydrogens is 340 g/mol. The van der Waals surface area contributed by atoms with Crippen molar-refractivity contribution in [3.05, 3.63) is 53.6 Å². The lowest BCUT2D eigenvalue weighted by Crippen LogP contribution is -2.22. The summed E-state index contributed by atoms with van der Waals surface area (Å²) in [5.74, 6) is -1.66. The molecule has 2 aromatic rings. The third-order valence-electron chi connectivity index (χ3n) is 3.39. The fraction of sp³-hybridized carbons (Fsp3) is 0.167. The molecule has 0 radical (unpaired) electrons. The van der Waals surface area contributed by atoms with Crippen molar-refractivity contribution in [3.63, 3.8) is 0 Å². The van der Waals surface area contributed by atoms with Gasteiger partial charge in [0.05, 0.1) is 7.11 Å². The van der Waals surface area contributed by atoms with E-state index in [-0.39, 0.29) is 17.2 Å². The number of phenolic OH excluding ortho intramolecular Hbond substituents is 1. The zero-order valence-electron chi connectivity index (χ0n) is 14.2. The third kappa shape index (κ3) is 4.73. The normalized spacial score (nSPS) is 9.92. The molecule has 0 aromatic heterocycles. The number of hydrogen-bond acceptors (Lipinski definition) is 6. The van der Waals surface area contributed by atoms with Crippen LogP contribution in [0.4, 0.5) is 5.69 Å². The van der Waals surface area contributed by atoms with Gasteiger partial charge in [0.25, 0.3) is 11.8 Å². The van der Waals surface area contributed by atoms with E-state index in [1.165, 1.54) is 38.4 Å². The Bertz CT molecular complexity index is 834. The van der Waals surface area contributed by atoms with Crippen LogP contribution in [0.1, 0.15) is 20.7 Å². The second-order valence-electron chi connectivity index (χ2n) is 5.17. The van der Waals surface area contributed by atoms with E-state index in [9.17, 15) is 19.5 Å². The molecule has 0 saturated carbocycles. The third-order valence-corrected chi connectivity index (χ3v) is 3.39. The predicted molar refractivity (Wildman–Crippen MR) is 93.4 cm³/mol. The van der Waals surface area contributed by atoms with E-state index in [4.69, 9.17) is 9.47 Å². The number of carbonyl (C=O) groups is 3. The van der Waals surface area contributed by atoms with Crippen LogP contribution >= 0.6 is 0 Å². The first-order valence-corrected chi connectivity index (χ1v) is 7.60. The van der Waals surface area contributed by atoms with Gasteiger partial charge in [0, 0.05) is 18.3 Å². The van der Waals surface area contributed by atoms with Gasteiger partial charge < -0.3 is 25.2 Å². The van der Waals surface area contributed by atoms with Crippen molar-refractivity contribution in [1.29, 1.82) is 0 Å². The van der Waals surface area contributed by atoms with Crippen molar-refractivity contribution in [2.45, 2.75) is 0 Å². The number of ether oxygens (including phenoxy) is 2. The quantitative estimate of drug-likeness (QED) is 0.675. The molecule has 0 unspecified atom stereocenters. The lowest BCUT2D eigenvalue weighted by molar-refractivity contribution is -0.119. The second-order valence-corrected chi connectivity index (χ2v) is 5.17. The highest BCUT2D eigenvalue weighted by atomic mass is 16.5. The molecule has 0 bridgehead atoms. The van der Waals surface area contributed by atoms with Crippen LogP contribution in [0.3, 0.4) is 0 Å². The van der Waals surface area contributed by atoms with Gasteiger partial charge in [-0.05, 0) is 36.4 Å². The number of esters is 1. The highest BCUT2D eigenvalue weighted by Crippen LogP contribution is 2.23. The summed E-state index contributed by atoms with van der Waals surface area (Å²) in [7, 11) is 2.92.